The van der Waals surface area contributed by atoms with Crippen molar-refractivity contribution in [2.24, 2.45) is 0 Å². The average molecular weight is 460 g/mol. The lowest BCUT2D eigenvalue weighted by molar-refractivity contribution is 0.0952. The second-order valence-corrected chi connectivity index (χ2v) is 9.07. The third-order valence-corrected chi connectivity index (χ3v) is 6.88. The molecule has 0 spiro atoms. The van der Waals surface area contributed by atoms with Crippen LogP contribution in [0.4, 0.5) is 5.82 Å². The number of pyridine rings is 1. The minimum absolute atomic E-state index is 0.134. The number of hydrogen-bond acceptors (Lipinski definition) is 6. The molecule has 0 radical (unpaired) electrons. The molecule has 1 fully saturated rings. The van der Waals surface area contributed by atoms with E-state index in [1.165, 1.54) is 10.1 Å². The van der Waals surface area contributed by atoms with Gasteiger partial charge < -0.3 is 20.1 Å². The Hall–Kier alpha value is -3.42. The van der Waals surface area contributed by atoms with Crippen LogP contribution in [0.5, 0.6) is 5.75 Å². The van der Waals surface area contributed by atoms with Gasteiger partial charge in [0, 0.05) is 24.3 Å². The van der Waals surface area contributed by atoms with E-state index in [4.69, 9.17) is 9.72 Å². The highest BCUT2D eigenvalue weighted by atomic mass is 32.1. The molecule has 1 saturated heterocycles. The molecule has 0 aliphatic carbocycles. The first-order chi connectivity index (χ1) is 16.2. The zero-order valence-electron chi connectivity index (χ0n) is 18.2. The smallest absolute Gasteiger partial charge is 0.255 e. The van der Waals surface area contributed by atoms with Crippen LogP contribution < -0.4 is 10.2 Å². The van der Waals surface area contributed by atoms with Crippen LogP contribution in [-0.4, -0.2) is 48.8 Å². The normalized spacial score (nSPS) is 13.9. The fourth-order valence-corrected chi connectivity index (χ4v) is 5.00. The number of carbonyl (C=O) groups is 1. The largest absolute Gasteiger partial charge is 0.508 e. The number of phenolic OH excluding ortho intramolecular Hbond substituents is 1. The topological polar surface area (TPSA) is 74.7 Å². The van der Waals surface area contributed by atoms with Gasteiger partial charge in [-0.2, -0.15) is 0 Å². The van der Waals surface area contributed by atoms with E-state index in [1.807, 2.05) is 36.4 Å². The van der Waals surface area contributed by atoms with Crippen LogP contribution in [0.3, 0.4) is 0 Å². The zero-order chi connectivity index (χ0) is 22.6. The van der Waals surface area contributed by atoms with Gasteiger partial charge in [0.25, 0.3) is 5.91 Å². The molecule has 1 aliphatic rings. The summed E-state index contributed by atoms with van der Waals surface area (Å²) < 4.78 is 6.73. The summed E-state index contributed by atoms with van der Waals surface area (Å²) in [6, 6.07) is 21.3. The lowest BCUT2D eigenvalue weighted by atomic mass is 10.1. The number of carbonyl (C=O) groups excluding carboxylic acids is 1. The van der Waals surface area contributed by atoms with Gasteiger partial charge in [-0.1, -0.05) is 30.3 Å². The molecule has 33 heavy (non-hydrogen) atoms. The van der Waals surface area contributed by atoms with Crippen LogP contribution >= 0.6 is 11.3 Å². The predicted molar refractivity (Wildman–Crippen MR) is 132 cm³/mol. The second-order valence-electron chi connectivity index (χ2n) is 7.99. The van der Waals surface area contributed by atoms with Gasteiger partial charge in [0.2, 0.25) is 0 Å². The number of hydrogen-bond donors (Lipinski definition) is 2. The number of nitrogens with one attached hydrogen (secondary N) is 1. The Morgan fingerprint density at radius 1 is 1.06 bits per heavy atom. The van der Waals surface area contributed by atoms with Crippen LogP contribution in [0.1, 0.15) is 15.9 Å². The van der Waals surface area contributed by atoms with Crippen molar-refractivity contribution in [3.63, 3.8) is 0 Å². The number of morpholine rings is 1. The number of rotatable bonds is 6. The van der Waals surface area contributed by atoms with Crippen LogP contribution in [0.25, 0.3) is 20.7 Å². The third-order valence-electron chi connectivity index (χ3n) is 5.74. The monoisotopic (exact) mass is 459 g/mol. The number of amides is 1. The van der Waals surface area contributed by atoms with Gasteiger partial charge in [-0.3, -0.25) is 4.79 Å². The summed E-state index contributed by atoms with van der Waals surface area (Å²) in [7, 11) is 0. The van der Waals surface area contributed by atoms with Crippen molar-refractivity contribution >= 4 is 33.1 Å². The van der Waals surface area contributed by atoms with E-state index in [9.17, 15) is 9.90 Å². The highest BCUT2D eigenvalue weighted by Crippen LogP contribution is 2.34. The van der Waals surface area contributed by atoms with Crippen LogP contribution in [-0.2, 0) is 11.2 Å². The van der Waals surface area contributed by atoms with Crippen molar-refractivity contribution in [1.82, 2.24) is 10.3 Å². The number of nitrogens with zero attached hydrogens (tertiary/aromatic N) is 2. The molecular weight excluding hydrogens is 434 g/mol. The van der Waals surface area contributed by atoms with E-state index in [0.29, 0.717) is 50.7 Å². The number of aromatic hydroxyl groups is 1. The number of phenols is 1. The van der Waals surface area contributed by atoms with E-state index in [-0.39, 0.29) is 11.7 Å². The van der Waals surface area contributed by atoms with Gasteiger partial charge in [-0.25, -0.2) is 4.98 Å². The summed E-state index contributed by atoms with van der Waals surface area (Å²) in [5.74, 6) is 0.809. The fraction of sp³-hybridized carbons (Fsp3) is 0.231. The van der Waals surface area contributed by atoms with E-state index in [1.54, 1.807) is 23.5 Å². The van der Waals surface area contributed by atoms with E-state index < -0.39 is 0 Å². The summed E-state index contributed by atoms with van der Waals surface area (Å²) in [6.07, 6.45) is 0.687. The predicted octanol–water partition coefficient (Wildman–Crippen LogP) is 4.48. The molecule has 0 atom stereocenters. The van der Waals surface area contributed by atoms with Gasteiger partial charge in [-0.05, 0) is 53.8 Å². The summed E-state index contributed by atoms with van der Waals surface area (Å²) in [5.41, 5.74) is 2.51. The lowest BCUT2D eigenvalue weighted by Crippen LogP contribution is -2.38. The first-order valence-corrected chi connectivity index (χ1v) is 11.9. The highest BCUT2D eigenvalue weighted by Gasteiger charge is 2.21. The minimum atomic E-state index is -0.134. The number of fused-ring (bicyclic) bond motifs is 1. The molecule has 3 heterocycles. The SMILES string of the molecule is O=C(NCCc1ccc(O)cc1)c1ccc(-c2cc3ccccc3s2)nc1N1CCOCC1. The van der Waals surface area contributed by atoms with Crippen molar-refractivity contribution in [2.45, 2.75) is 6.42 Å². The summed E-state index contributed by atoms with van der Waals surface area (Å²) in [4.78, 5) is 21.3. The van der Waals surface area contributed by atoms with Crippen molar-refractivity contribution in [3.05, 3.63) is 77.9 Å². The molecule has 0 unspecified atom stereocenters. The van der Waals surface area contributed by atoms with Crippen LogP contribution in [0.15, 0.2) is 66.7 Å². The molecule has 1 amide bonds. The van der Waals surface area contributed by atoms with E-state index >= 15 is 0 Å². The van der Waals surface area contributed by atoms with Gasteiger partial charge in [-0.15, -0.1) is 11.3 Å². The lowest BCUT2D eigenvalue weighted by Gasteiger charge is -2.29. The van der Waals surface area contributed by atoms with Crippen LogP contribution in [0, 0.1) is 0 Å². The minimum Gasteiger partial charge on any atom is -0.508 e. The van der Waals surface area contributed by atoms with Crippen LogP contribution in [0.2, 0.25) is 0 Å². The van der Waals surface area contributed by atoms with Crippen molar-refractivity contribution in [3.8, 4) is 16.3 Å². The molecule has 7 heteroatoms. The third kappa shape index (κ3) is 4.84. The Balaban J connectivity index is 1.39. The summed E-state index contributed by atoms with van der Waals surface area (Å²) >= 11 is 1.71. The highest BCUT2D eigenvalue weighted by molar-refractivity contribution is 7.22. The second kappa shape index (κ2) is 9.60. The van der Waals surface area contributed by atoms with Crippen molar-refractivity contribution < 1.29 is 14.6 Å². The Bertz CT molecular complexity index is 1230. The quantitative estimate of drug-likeness (QED) is 0.445. The maximum atomic E-state index is 13.1. The zero-order valence-corrected chi connectivity index (χ0v) is 19.0. The Morgan fingerprint density at radius 2 is 1.85 bits per heavy atom. The summed E-state index contributed by atoms with van der Waals surface area (Å²) in [5, 5.41) is 13.7. The molecule has 4 aromatic rings. The van der Waals surface area contributed by atoms with Gasteiger partial charge >= 0.3 is 0 Å². The van der Waals surface area contributed by atoms with Crippen molar-refractivity contribution in [2.75, 3.05) is 37.7 Å². The first kappa shape index (κ1) is 21.4. The molecule has 2 aromatic heterocycles. The number of aromatic nitrogens is 1. The Morgan fingerprint density at radius 3 is 2.64 bits per heavy atom. The molecule has 168 valence electrons. The number of thiophene rings is 1. The summed E-state index contributed by atoms with van der Waals surface area (Å²) in [6.45, 7) is 3.16. The molecular formula is C26H25N3O3S. The average Bonchev–Trinajstić information content (AvgIpc) is 3.30. The number of ether oxygens (including phenoxy) is 1. The molecule has 2 aromatic carbocycles. The molecule has 0 bridgehead atoms. The molecule has 1 aliphatic heterocycles. The molecule has 0 saturated carbocycles. The standard InChI is InChI=1S/C26H25N3O3S/c30-20-7-5-18(6-8-20)11-12-27-26(31)21-9-10-22(28-25(21)29-13-15-32-16-14-29)24-17-19-3-1-2-4-23(19)33-24/h1-10,17,30H,11-16H2,(H,27,31). The number of benzene rings is 2. The number of anilines is 1. The van der Waals surface area contributed by atoms with Crippen molar-refractivity contribution in [1.29, 1.82) is 0 Å². The van der Waals surface area contributed by atoms with Gasteiger partial charge in [0.05, 0.1) is 29.3 Å². The van der Waals surface area contributed by atoms with E-state index in [2.05, 4.69) is 28.4 Å². The molecule has 5 rings (SSSR count). The molecule has 2 N–H and O–H groups in total. The fourth-order valence-electron chi connectivity index (χ4n) is 3.97. The Labute approximate surface area is 196 Å². The van der Waals surface area contributed by atoms with E-state index in [0.717, 1.165) is 16.1 Å². The maximum Gasteiger partial charge on any atom is 0.255 e. The Kier molecular flexibility index (Phi) is 6.24. The van der Waals surface area contributed by atoms with Gasteiger partial charge in [0.1, 0.15) is 11.6 Å². The first-order valence-electron chi connectivity index (χ1n) is 11.1. The molecule has 6 nitrogen and oxygen atoms in total. The van der Waals surface area contributed by atoms with Gasteiger partial charge in [0.15, 0.2) is 0 Å². The maximum absolute atomic E-state index is 13.1.